The Hall–Kier alpha value is -2.37. The zero-order valence-electron chi connectivity index (χ0n) is 10.7. The van der Waals surface area contributed by atoms with Gasteiger partial charge in [-0.3, -0.25) is 0 Å². The van der Waals surface area contributed by atoms with E-state index in [0.29, 0.717) is 22.7 Å². The van der Waals surface area contributed by atoms with E-state index in [1.165, 1.54) is 6.07 Å². The average Bonchev–Trinajstić information content (AvgIpc) is 2.70. The van der Waals surface area contributed by atoms with Crippen molar-refractivity contribution in [2.75, 3.05) is 5.32 Å². The molecule has 0 aliphatic heterocycles. The van der Waals surface area contributed by atoms with Crippen molar-refractivity contribution in [1.82, 2.24) is 10.5 Å². The first-order valence-electron chi connectivity index (χ1n) is 5.79. The van der Waals surface area contributed by atoms with Crippen LogP contribution >= 0.6 is 0 Å². The smallest absolute Gasteiger partial charge is 0.319 e. The van der Waals surface area contributed by atoms with E-state index < -0.39 is 6.03 Å². The molecule has 1 aromatic heterocycles. The molecule has 0 aliphatic carbocycles. The fourth-order valence-corrected chi connectivity index (χ4v) is 1.64. The number of halogens is 1. The molecule has 0 saturated heterocycles. The minimum Gasteiger partial charge on any atom is -0.359 e. The molecular weight excluding hydrogens is 249 g/mol. The molecule has 2 aromatic rings. The number of nitrogens with one attached hydrogen (secondary N) is 2. The lowest BCUT2D eigenvalue weighted by Gasteiger charge is -2.07. The van der Waals surface area contributed by atoms with Gasteiger partial charge in [-0.05, 0) is 19.9 Å². The third-order valence-corrected chi connectivity index (χ3v) is 2.67. The third-order valence-electron chi connectivity index (χ3n) is 2.67. The maximum atomic E-state index is 13.3. The van der Waals surface area contributed by atoms with E-state index in [9.17, 15) is 9.18 Å². The highest BCUT2D eigenvalue weighted by Crippen LogP contribution is 2.18. The molecule has 0 atom stereocenters. The summed E-state index contributed by atoms with van der Waals surface area (Å²) in [6.07, 6.45) is 0. The highest BCUT2D eigenvalue weighted by Gasteiger charge is 2.12. The van der Waals surface area contributed by atoms with Crippen LogP contribution in [0.5, 0.6) is 0 Å². The van der Waals surface area contributed by atoms with Crippen LogP contribution in [0.1, 0.15) is 17.0 Å². The fourth-order valence-electron chi connectivity index (χ4n) is 1.64. The Labute approximate surface area is 109 Å². The first kappa shape index (κ1) is 13.1. The maximum absolute atomic E-state index is 13.3. The lowest BCUT2D eigenvalue weighted by atomic mass is 10.2. The summed E-state index contributed by atoms with van der Waals surface area (Å²) >= 11 is 0. The zero-order chi connectivity index (χ0) is 13.8. The van der Waals surface area contributed by atoms with Gasteiger partial charge in [0.2, 0.25) is 0 Å². The molecule has 2 N–H and O–H groups in total. The number of carbonyl (C=O) groups excluding carboxylic acids is 1. The predicted octanol–water partition coefficient (Wildman–Crippen LogP) is 2.75. The van der Waals surface area contributed by atoms with Gasteiger partial charge in [0, 0.05) is 12.1 Å². The number of aromatic nitrogens is 1. The lowest BCUT2D eigenvalue weighted by molar-refractivity contribution is 0.251. The minimum absolute atomic E-state index is 0.113. The standard InChI is InChI=1S/C13H14FN3O2/c1-8-12(9(2)19-17-8)16-13(18)15-7-10-5-3-4-6-11(10)14/h3-6H,7H2,1-2H3,(H2,15,16,18). The summed E-state index contributed by atoms with van der Waals surface area (Å²) < 4.78 is 18.3. The summed E-state index contributed by atoms with van der Waals surface area (Å²) in [6, 6.07) is 5.85. The third kappa shape index (κ3) is 3.09. The Morgan fingerprint density at radius 3 is 2.74 bits per heavy atom. The maximum Gasteiger partial charge on any atom is 0.319 e. The summed E-state index contributed by atoms with van der Waals surface area (Å²) in [6.45, 7) is 3.54. The van der Waals surface area contributed by atoms with Crippen molar-refractivity contribution >= 4 is 11.7 Å². The topological polar surface area (TPSA) is 67.2 Å². The number of rotatable bonds is 3. The number of amides is 2. The van der Waals surface area contributed by atoms with Crippen molar-refractivity contribution in [1.29, 1.82) is 0 Å². The quantitative estimate of drug-likeness (QED) is 0.894. The molecule has 19 heavy (non-hydrogen) atoms. The van der Waals surface area contributed by atoms with Crippen LogP contribution in [0.4, 0.5) is 14.9 Å². The number of urea groups is 1. The summed E-state index contributed by atoms with van der Waals surface area (Å²) in [5.41, 5.74) is 1.56. The fraction of sp³-hybridized carbons (Fsp3) is 0.231. The predicted molar refractivity (Wildman–Crippen MR) is 68.2 cm³/mol. The summed E-state index contributed by atoms with van der Waals surface area (Å²) in [4.78, 5) is 11.7. The van der Waals surface area contributed by atoms with Gasteiger partial charge in [0.05, 0.1) is 0 Å². The van der Waals surface area contributed by atoms with Gasteiger partial charge in [-0.1, -0.05) is 23.4 Å². The van der Waals surface area contributed by atoms with Crippen molar-refractivity contribution in [2.24, 2.45) is 0 Å². The number of aryl methyl sites for hydroxylation is 2. The Morgan fingerprint density at radius 2 is 2.11 bits per heavy atom. The average molecular weight is 263 g/mol. The van der Waals surface area contributed by atoms with E-state index in [1.54, 1.807) is 32.0 Å². The Morgan fingerprint density at radius 1 is 1.37 bits per heavy atom. The molecule has 6 heteroatoms. The SMILES string of the molecule is Cc1noc(C)c1NC(=O)NCc1ccccc1F. The number of hydrogen-bond acceptors (Lipinski definition) is 3. The molecule has 1 aromatic carbocycles. The molecular formula is C13H14FN3O2. The van der Waals surface area contributed by atoms with E-state index in [0.717, 1.165) is 0 Å². The van der Waals surface area contributed by atoms with Crippen molar-refractivity contribution in [3.63, 3.8) is 0 Å². The van der Waals surface area contributed by atoms with Crippen LogP contribution in [0.2, 0.25) is 0 Å². The van der Waals surface area contributed by atoms with Gasteiger partial charge in [0.25, 0.3) is 0 Å². The molecule has 0 bridgehead atoms. The molecule has 2 amide bonds. The van der Waals surface area contributed by atoms with Crippen molar-refractivity contribution < 1.29 is 13.7 Å². The van der Waals surface area contributed by atoms with Gasteiger partial charge in [0.15, 0.2) is 5.76 Å². The van der Waals surface area contributed by atoms with Crippen LogP contribution in [-0.4, -0.2) is 11.2 Å². The van der Waals surface area contributed by atoms with E-state index in [2.05, 4.69) is 15.8 Å². The van der Waals surface area contributed by atoms with E-state index in [4.69, 9.17) is 4.52 Å². The summed E-state index contributed by atoms with van der Waals surface area (Å²) in [7, 11) is 0. The number of hydrogen-bond donors (Lipinski definition) is 2. The summed E-state index contributed by atoms with van der Waals surface area (Å²) in [5.74, 6) is 0.179. The molecule has 0 unspecified atom stereocenters. The normalized spacial score (nSPS) is 10.3. The van der Waals surface area contributed by atoms with Gasteiger partial charge in [-0.2, -0.15) is 0 Å². The minimum atomic E-state index is -0.433. The highest BCUT2D eigenvalue weighted by molar-refractivity contribution is 5.90. The lowest BCUT2D eigenvalue weighted by Crippen LogP contribution is -2.28. The van der Waals surface area contributed by atoms with Crippen molar-refractivity contribution in [3.05, 3.63) is 47.1 Å². The van der Waals surface area contributed by atoms with E-state index in [1.807, 2.05) is 0 Å². The molecule has 1 heterocycles. The number of nitrogens with zero attached hydrogens (tertiary/aromatic N) is 1. The zero-order valence-corrected chi connectivity index (χ0v) is 10.7. The van der Waals surface area contributed by atoms with Gasteiger partial charge >= 0.3 is 6.03 Å². The first-order chi connectivity index (χ1) is 9.08. The second kappa shape index (κ2) is 5.51. The monoisotopic (exact) mass is 263 g/mol. The molecule has 5 nitrogen and oxygen atoms in total. The first-order valence-corrected chi connectivity index (χ1v) is 5.79. The van der Waals surface area contributed by atoms with Gasteiger partial charge in [0.1, 0.15) is 17.2 Å². The van der Waals surface area contributed by atoms with E-state index in [-0.39, 0.29) is 12.4 Å². The molecule has 0 fully saturated rings. The van der Waals surface area contributed by atoms with Crippen LogP contribution < -0.4 is 10.6 Å². The van der Waals surface area contributed by atoms with Gasteiger partial charge < -0.3 is 15.2 Å². The van der Waals surface area contributed by atoms with Crippen LogP contribution in [0.15, 0.2) is 28.8 Å². The number of carbonyl (C=O) groups is 1. The molecule has 0 radical (unpaired) electrons. The van der Waals surface area contributed by atoms with Crippen LogP contribution in [0, 0.1) is 19.7 Å². The number of benzene rings is 1. The second-order valence-corrected chi connectivity index (χ2v) is 4.10. The van der Waals surface area contributed by atoms with E-state index >= 15 is 0 Å². The summed E-state index contributed by atoms with van der Waals surface area (Å²) in [5, 5.41) is 8.92. The van der Waals surface area contributed by atoms with Crippen LogP contribution in [0.25, 0.3) is 0 Å². The molecule has 100 valence electrons. The second-order valence-electron chi connectivity index (χ2n) is 4.10. The van der Waals surface area contributed by atoms with Crippen molar-refractivity contribution in [2.45, 2.75) is 20.4 Å². The number of anilines is 1. The Balaban J connectivity index is 1.94. The van der Waals surface area contributed by atoms with Gasteiger partial charge in [-0.15, -0.1) is 0 Å². The Kier molecular flexibility index (Phi) is 3.79. The van der Waals surface area contributed by atoms with Crippen LogP contribution in [-0.2, 0) is 6.54 Å². The van der Waals surface area contributed by atoms with Crippen molar-refractivity contribution in [3.8, 4) is 0 Å². The Bertz CT molecular complexity index is 576. The van der Waals surface area contributed by atoms with Crippen LogP contribution in [0.3, 0.4) is 0 Å². The highest BCUT2D eigenvalue weighted by atomic mass is 19.1. The molecule has 2 rings (SSSR count). The molecule has 0 spiro atoms. The largest absolute Gasteiger partial charge is 0.359 e. The molecule has 0 saturated carbocycles. The van der Waals surface area contributed by atoms with Gasteiger partial charge in [-0.25, -0.2) is 9.18 Å². The molecule has 0 aliphatic rings.